The van der Waals surface area contributed by atoms with E-state index in [4.69, 9.17) is 5.73 Å². The average molecular weight is 342 g/mol. The van der Waals surface area contributed by atoms with E-state index < -0.39 is 0 Å². The van der Waals surface area contributed by atoms with Gasteiger partial charge in [0, 0.05) is 23.4 Å². The van der Waals surface area contributed by atoms with Crippen molar-refractivity contribution in [3.8, 4) is 0 Å². The van der Waals surface area contributed by atoms with Crippen molar-refractivity contribution in [1.29, 1.82) is 0 Å². The number of imidazole rings is 1. The van der Waals surface area contributed by atoms with Crippen molar-refractivity contribution in [3.63, 3.8) is 0 Å². The molecule has 3 rings (SSSR count). The first-order valence-corrected chi connectivity index (χ1v) is 7.60. The molecule has 2 aromatic carbocycles. The summed E-state index contributed by atoms with van der Waals surface area (Å²) in [5.41, 5.74) is 8.68. The Hall–Kier alpha value is -1.91. The van der Waals surface area contributed by atoms with Gasteiger partial charge in [0.05, 0.1) is 6.04 Å². The van der Waals surface area contributed by atoms with E-state index >= 15 is 0 Å². The van der Waals surface area contributed by atoms with Crippen LogP contribution >= 0.6 is 15.9 Å². The van der Waals surface area contributed by atoms with Crippen LogP contribution in [0.25, 0.3) is 0 Å². The SMILES string of the molecule is NC(c1ccccc1Br)c1nccn1Cc1ccccc1. The second kappa shape index (κ2) is 6.24. The zero-order valence-electron chi connectivity index (χ0n) is 11.5. The van der Waals surface area contributed by atoms with E-state index in [-0.39, 0.29) is 6.04 Å². The number of hydrogen-bond donors (Lipinski definition) is 1. The van der Waals surface area contributed by atoms with Crippen LogP contribution in [0.4, 0.5) is 0 Å². The highest BCUT2D eigenvalue weighted by atomic mass is 79.9. The highest BCUT2D eigenvalue weighted by Gasteiger charge is 2.16. The molecular weight excluding hydrogens is 326 g/mol. The van der Waals surface area contributed by atoms with Gasteiger partial charge >= 0.3 is 0 Å². The molecule has 0 aliphatic carbocycles. The van der Waals surface area contributed by atoms with Crippen molar-refractivity contribution >= 4 is 15.9 Å². The standard InChI is InChI=1S/C17H16BrN3/c18-15-9-5-4-8-14(15)16(19)17-20-10-11-21(17)12-13-6-2-1-3-7-13/h1-11,16H,12,19H2. The van der Waals surface area contributed by atoms with Gasteiger partial charge in [-0.05, 0) is 17.2 Å². The molecule has 0 amide bonds. The first kappa shape index (κ1) is 14.0. The van der Waals surface area contributed by atoms with Gasteiger partial charge in [0.1, 0.15) is 5.82 Å². The number of halogens is 1. The van der Waals surface area contributed by atoms with E-state index in [1.54, 1.807) is 6.20 Å². The highest BCUT2D eigenvalue weighted by Crippen LogP contribution is 2.26. The van der Waals surface area contributed by atoms with Gasteiger partial charge in [-0.2, -0.15) is 0 Å². The summed E-state index contributed by atoms with van der Waals surface area (Å²) in [5.74, 6) is 0.866. The molecule has 3 nitrogen and oxygen atoms in total. The van der Waals surface area contributed by atoms with Gasteiger partial charge in [-0.15, -0.1) is 0 Å². The van der Waals surface area contributed by atoms with Crippen molar-refractivity contribution in [2.45, 2.75) is 12.6 Å². The Kier molecular flexibility index (Phi) is 4.18. The molecule has 3 aromatic rings. The molecule has 0 saturated heterocycles. The summed E-state index contributed by atoms with van der Waals surface area (Å²) < 4.78 is 3.10. The maximum atomic E-state index is 6.40. The lowest BCUT2D eigenvalue weighted by Crippen LogP contribution is -2.18. The Morgan fingerprint density at radius 2 is 1.76 bits per heavy atom. The van der Waals surface area contributed by atoms with Gasteiger partial charge in [-0.25, -0.2) is 4.98 Å². The van der Waals surface area contributed by atoms with E-state index in [9.17, 15) is 0 Å². The smallest absolute Gasteiger partial charge is 0.130 e. The second-order valence-electron chi connectivity index (χ2n) is 4.90. The van der Waals surface area contributed by atoms with Crippen LogP contribution in [0.1, 0.15) is 23.0 Å². The lowest BCUT2D eigenvalue weighted by molar-refractivity contribution is 0.673. The fourth-order valence-electron chi connectivity index (χ4n) is 2.38. The van der Waals surface area contributed by atoms with Gasteiger partial charge in [0.2, 0.25) is 0 Å². The van der Waals surface area contributed by atoms with Crippen LogP contribution in [-0.2, 0) is 6.54 Å². The number of nitrogens with two attached hydrogens (primary N) is 1. The minimum absolute atomic E-state index is 0.251. The molecule has 1 unspecified atom stereocenters. The van der Waals surface area contributed by atoms with E-state index in [0.717, 1.165) is 22.4 Å². The van der Waals surface area contributed by atoms with Gasteiger partial charge in [0.15, 0.2) is 0 Å². The zero-order chi connectivity index (χ0) is 14.7. The van der Waals surface area contributed by atoms with E-state index in [2.05, 4.69) is 37.6 Å². The summed E-state index contributed by atoms with van der Waals surface area (Å²) in [5, 5.41) is 0. The minimum atomic E-state index is -0.251. The maximum absolute atomic E-state index is 6.40. The zero-order valence-corrected chi connectivity index (χ0v) is 13.1. The summed E-state index contributed by atoms with van der Waals surface area (Å²) in [4.78, 5) is 4.45. The molecule has 2 N–H and O–H groups in total. The van der Waals surface area contributed by atoms with Gasteiger partial charge in [-0.3, -0.25) is 0 Å². The Morgan fingerprint density at radius 1 is 1.05 bits per heavy atom. The Bertz CT molecular complexity index is 722. The third-order valence-electron chi connectivity index (χ3n) is 3.46. The van der Waals surface area contributed by atoms with Crippen molar-refractivity contribution < 1.29 is 0 Å². The Balaban J connectivity index is 1.90. The van der Waals surface area contributed by atoms with E-state index in [1.807, 2.05) is 48.7 Å². The molecule has 21 heavy (non-hydrogen) atoms. The summed E-state index contributed by atoms with van der Waals surface area (Å²) in [7, 11) is 0. The quantitative estimate of drug-likeness (QED) is 0.785. The fraction of sp³-hybridized carbons (Fsp3) is 0.118. The predicted molar refractivity (Wildman–Crippen MR) is 87.9 cm³/mol. The first-order valence-electron chi connectivity index (χ1n) is 6.80. The molecule has 0 aliphatic rings. The number of aromatic nitrogens is 2. The normalized spacial score (nSPS) is 12.3. The summed E-state index contributed by atoms with van der Waals surface area (Å²) >= 11 is 3.56. The average Bonchev–Trinajstić information content (AvgIpc) is 2.96. The largest absolute Gasteiger partial charge is 0.329 e. The molecule has 0 spiro atoms. The van der Waals surface area contributed by atoms with Crippen molar-refractivity contribution in [2.24, 2.45) is 5.73 Å². The van der Waals surface area contributed by atoms with E-state index in [1.165, 1.54) is 5.56 Å². The molecule has 0 saturated carbocycles. The van der Waals surface area contributed by atoms with Crippen LogP contribution in [-0.4, -0.2) is 9.55 Å². The van der Waals surface area contributed by atoms with Gasteiger partial charge in [-0.1, -0.05) is 64.5 Å². The maximum Gasteiger partial charge on any atom is 0.130 e. The third kappa shape index (κ3) is 3.06. The molecule has 0 bridgehead atoms. The Labute approximate surface area is 132 Å². The number of nitrogens with zero attached hydrogens (tertiary/aromatic N) is 2. The first-order chi connectivity index (χ1) is 10.3. The van der Waals surface area contributed by atoms with E-state index in [0.29, 0.717) is 0 Å². The van der Waals surface area contributed by atoms with Crippen LogP contribution in [0.5, 0.6) is 0 Å². The fourth-order valence-corrected chi connectivity index (χ4v) is 2.91. The van der Waals surface area contributed by atoms with Crippen molar-refractivity contribution in [1.82, 2.24) is 9.55 Å². The topological polar surface area (TPSA) is 43.8 Å². The monoisotopic (exact) mass is 341 g/mol. The molecule has 106 valence electrons. The molecule has 0 aliphatic heterocycles. The Morgan fingerprint density at radius 3 is 2.52 bits per heavy atom. The third-order valence-corrected chi connectivity index (χ3v) is 4.18. The molecule has 1 atom stereocenters. The summed E-state index contributed by atoms with van der Waals surface area (Å²) in [6, 6.07) is 18.1. The minimum Gasteiger partial charge on any atom is -0.329 e. The molecular formula is C17H16BrN3. The van der Waals surface area contributed by atoms with Crippen LogP contribution in [0.2, 0.25) is 0 Å². The van der Waals surface area contributed by atoms with Gasteiger partial charge in [0.25, 0.3) is 0 Å². The van der Waals surface area contributed by atoms with Crippen LogP contribution in [0.15, 0.2) is 71.5 Å². The number of hydrogen-bond acceptors (Lipinski definition) is 2. The molecule has 0 fully saturated rings. The summed E-state index contributed by atoms with van der Waals surface area (Å²) in [6.07, 6.45) is 3.77. The van der Waals surface area contributed by atoms with Crippen molar-refractivity contribution in [2.75, 3.05) is 0 Å². The van der Waals surface area contributed by atoms with Crippen LogP contribution in [0.3, 0.4) is 0 Å². The lowest BCUT2D eigenvalue weighted by Gasteiger charge is -2.16. The molecule has 0 radical (unpaired) electrons. The molecule has 1 heterocycles. The summed E-state index contributed by atoms with van der Waals surface area (Å²) in [6.45, 7) is 0.772. The molecule has 1 aromatic heterocycles. The number of rotatable bonds is 4. The molecule has 4 heteroatoms. The van der Waals surface area contributed by atoms with Crippen LogP contribution < -0.4 is 5.73 Å². The lowest BCUT2D eigenvalue weighted by atomic mass is 10.1. The second-order valence-corrected chi connectivity index (χ2v) is 5.75. The van der Waals surface area contributed by atoms with Crippen LogP contribution in [0, 0.1) is 0 Å². The predicted octanol–water partition coefficient (Wildman–Crippen LogP) is 3.74. The highest BCUT2D eigenvalue weighted by molar-refractivity contribution is 9.10. The number of benzene rings is 2. The van der Waals surface area contributed by atoms with Gasteiger partial charge < -0.3 is 10.3 Å². The van der Waals surface area contributed by atoms with Crippen molar-refractivity contribution in [3.05, 3.63) is 88.4 Å².